The molecule has 0 unspecified atom stereocenters. The summed E-state index contributed by atoms with van der Waals surface area (Å²) in [6.45, 7) is 1.90. The van der Waals surface area contributed by atoms with Crippen molar-refractivity contribution < 1.29 is 9.18 Å². The molecule has 0 saturated carbocycles. The maximum atomic E-state index is 12.8. The van der Waals surface area contributed by atoms with Gasteiger partial charge in [0.15, 0.2) is 0 Å². The number of hydrogen-bond acceptors (Lipinski definition) is 2. The molecule has 2 aromatic carbocycles. The van der Waals surface area contributed by atoms with E-state index in [0.717, 1.165) is 16.8 Å². The van der Waals surface area contributed by atoms with Gasteiger partial charge in [0.1, 0.15) is 5.82 Å². The maximum absolute atomic E-state index is 12.8. The fourth-order valence-corrected chi connectivity index (χ4v) is 2.81. The Morgan fingerprint density at radius 3 is 2.62 bits per heavy atom. The first-order valence-electron chi connectivity index (χ1n) is 6.43. The molecule has 0 fully saturated rings. The Balaban J connectivity index is 1.81. The number of halogens is 2. The second-order valence-corrected chi connectivity index (χ2v) is 6.05. The lowest BCUT2D eigenvalue weighted by molar-refractivity contribution is -0.113. The van der Waals surface area contributed by atoms with Crippen molar-refractivity contribution in [2.45, 2.75) is 12.7 Å². The Kier molecular flexibility index (Phi) is 5.65. The Hall–Kier alpha value is -1.52. The molecule has 2 nitrogen and oxygen atoms in total. The first-order chi connectivity index (χ1) is 10.0. The molecule has 0 aliphatic carbocycles. The third-order valence-corrected chi connectivity index (χ3v) is 4.12. The first-order valence-corrected chi connectivity index (χ1v) is 7.96. The van der Waals surface area contributed by atoms with Crippen LogP contribution in [0, 0.1) is 12.7 Å². The molecule has 0 bridgehead atoms. The van der Waals surface area contributed by atoms with E-state index in [4.69, 9.17) is 11.6 Å². The van der Waals surface area contributed by atoms with Crippen LogP contribution < -0.4 is 5.32 Å². The summed E-state index contributed by atoms with van der Waals surface area (Å²) in [5.74, 6) is 0.708. The lowest BCUT2D eigenvalue weighted by atomic mass is 10.2. The van der Waals surface area contributed by atoms with Crippen molar-refractivity contribution in [3.63, 3.8) is 0 Å². The molecule has 1 N–H and O–H groups in total. The third kappa shape index (κ3) is 5.06. The van der Waals surface area contributed by atoms with Crippen LogP contribution in [-0.2, 0) is 10.5 Å². The molecule has 0 spiro atoms. The van der Waals surface area contributed by atoms with Gasteiger partial charge in [-0.3, -0.25) is 4.79 Å². The fourth-order valence-electron chi connectivity index (χ4n) is 1.80. The molecule has 0 atom stereocenters. The quantitative estimate of drug-likeness (QED) is 0.867. The predicted octanol–water partition coefficient (Wildman–Crippen LogP) is 4.66. The molecule has 2 rings (SSSR count). The van der Waals surface area contributed by atoms with Crippen LogP contribution in [0.5, 0.6) is 0 Å². The van der Waals surface area contributed by atoms with Crippen molar-refractivity contribution in [1.82, 2.24) is 0 Å². The molecule has 0 saturated heterocycles. The highest BCUT2D eigenvalue weighted by Crippen LogP contribution is 2.20. The van der Waals surface area contributed by atoms with E-state index in [-0.39, 0.29) is 11.7 Å². The van der Waals surface area contributed by atoms with Crippen molar-refractivity contribution >= 4 is 35.0 Å². The molecular weight excluding hydrogens is 309 g/mol. The predicted molar refractivity (Wildman–Crippen MR) is 87.4 cm³/mol. The van der Waals surface area contributed by atoms with Gasteiger partial charge in [-0.1, -0.05) is 23.7 Å². The minimum absolute atomic E-state index is 0.0625. The fraction of sp³-hybridized carbons (Fsp3) is 0.188. The molecule has 0 aliphatic rings. The summed E-state index contributed by atoms with van der Waals surface area (Å²) in [4.78, 5) is 11.9. The van der Waals surface area contributed by atoms with Gasteiger partial charge in [0.05, 0.1) is 5.75 Å². The van der Waals surface area contributed by atoms with Gasteiger partial charge in [-0.15, -0.1) is 11.8 Å². The highest BCUT2D eigenvalue weighted by Gasteiger charge is 2.05. The van der Waals surface area contributed by atoms with Gasteiger partial charge in [0, 0.05) is 16.5 Å². The van der Waals surface area contributed by atoms with Crippen LogP contribution in [0.4, 0.5) is 10.1 Å². The van der Waals surface area contributed by atoms with E-state index in [1.807, 2.05) is 13.0 Å². The molecule has 1 amide bonds. The van der Waals surface area contributed by atoms with E-state index >= 15 is 0 Å². The zero-order valence-corrected chi connectivity index (χ0v) is 13.1. The van der Waals surface area contributed by atoms with E-state index in [1.54, 1.807) is 24.3 Å². The smallest absolute Gasteiger partial charge is 0.234 e. The molecule has 0 heterocycles. The van der Waals surface area contributed by atoms with Gasteiger partial charge in [-0.2, -0.15) is 0 Å². The van der Waals surface area contributed by atoms with Gasteiger partial charge in [0.2, 0.25) is 5.91 Å². The van der Waals surface area contributed by atoms with Crippen LogP contribution in [0.1, 0.15) is 11.1 Å². The van der Waals surface area contributed by atoms with Crippen LogP contribution in [0.2, 0.25) is 5.02 Å². The largest absolute Gasteiger partial charge is 0.325 e. The van der Waals surface area contributed by atoms with Crippen molar-refractivity contribution in [1.29, 1.82) is 0 Å². The number of carbonyl (C=O) groups excluding carboxylic acids is 1. The molecular formula is C16H15ClFNOS. The maximum Gasteiger partial charge on any atom is 0.234 e. The zero-order chi connectivity index (χ0) is 15.2. The number of amides is 1. The number of thioether (sulfide) groups is 1. The molecule has 0 radical (unpaired) electrons. The minimum atomic E-state index is -0.250. The van der Waals surface area contributed by atoms with Crippen molar-refractivity contribution in [2.75, 3.05) is 11.1 Å². The van der Waals surface area contributed by atoms with Gasteiger partial charge < -0.3 is 5.32 Å². The third-order valence-electron chi connectivity index (χ3n) is 2.88. The van der Waals surface area contributed by atoms with Gasteiger partial charge in [0.25, 0.3) is 0 Å². The zero-order valence-electron chi connectivity index (χ0n) is 11.5. The van der Waals surface area contributed by atoms with Crippen molar-refractivity contribution in [3.05, 3.63) is 64.4 Å². The summed E-state index contributed by atoms with van der Waals surface area (Å²) in [5, 5.41) is 3.50. The standard InChI is InChI=1S/C16H15ClFNOS/c1-11-8-13(17)4-7-15(11)19-16(20)10-21-9-12-2-5-14(18)6-3-12/h2-8H,9-10H2,1H3,(H,19,20). The van der Waals surface area contributed by atoms with Crippen molar-refractivity contribution in [3.8, 4) is 0 Å². The average molecular weight is 324 g/mol. The molecule has 21 heavy (non-hydrogen) atoms. The van der Waals surface area contributed by atoms with Gasteiger partial charge >= 0.3 is 0 Å². The Labute approximate surface area is 132 Å². The summed E-state index contributed by atoms with van der Waals surface area (Å²) < 4.78 is 12.8. The Bertz CT molecular complexity index is 631. The normalized spacial score (nSPS) is 10.4. The number of anilines is 1. The molecule has 110 valence electrons. The van der Waals surface area contributed by atoms with Crippen LogP contribution in [0.3, 0.4) is 0 Å². The second kappa shape index (κ2) is 7.48. The SMILES string of the molecule is Cc1cc(Cl)ccc1NC(=O)CSCc1ccc(F)cc1. The molecule has 5 heteroatoms. The Morgan fingerprint density at radius 1 is 1.24 bits per heavy atom. The summed E-state index contributed by atoms with van der Waals surface area (Å²) in [6, 6.07) is 11.6. The van der Waals surface area contributed by atoms with E-state index in [9.17, 15) is 9.18 Å². The van der Waals surface area contributed by atoms with Crippen LogP contribution in [0.15, 0.2) is 42.5 Å². The summed E-state index contributed by atoms with van der Waals surface area (Å²) in [7, 11) is 0. The average Bonchev–Trinajstić information content (AvgIpc) is 2.44. The summed E-state index contributed by atoms with van der Waals surface area (Å²) >= 11 is 7.36. The van der Waals surface area contributed by atoms with Crippen LogP contribution >= 0.6 is 23.4 Å². The molecule has 0 aliphatic heterocycles. The van der Waals surface area contributed by atoms with E-state index < -0.39 is 0 Å². The minimum Gasteiger partial charge on any atom is -0.325 e. The number of rotatable bonds is 5. The molecule has 2 aromatic rings. The van der Waals surface area contributed by atoms with E-state index in [2.05, 4.69) is 5.32 Å². The van der Waals surface area contributed by atoms with Crippen LogP contribution in [-0.4, -0.2) is 11.7 Å². The topological polar surface area (TPSA) is 29.1 Å². The molecule has 0 aromatic heterocycles. The number of carbonyl (C=O) groups is 1. The monoisotopic (exact) mass is 323 g/mol. The number of aryl methyl sites for hydroxylation is 1. The lowest BCUT2D eigenvalue weighted by Crippen LogP contribution is -2.14. The van der Waals surface area contributed by atoms with Crippen molar-refractivity contribution in [2.24, 2.45) is 0 Å². The van der Waals surface area contributed by atoms with Gasteiger partial charge in [-0.25, -0.2) is 4.39 Å². The second-order valence-electron chi connectivity index (χ2n) is 4.63. The Morgan fingerprint density at radius 2 is 1.95 bits per heavy atom. The highest BCUT2D eigenvalue weighted by atomic mass is 35.5. The number of benzene rings is 2. The van der Waals surface area contributed by atoms with E-state index in [0.29, 0.717) is 16.5 Å². The summed E-state index contributed by atoms with van der Waals surface area (Å²) in [5.41, 5.74) is 2.70. The van der Waals surface area contributed by atoms with E-state index in [1.165, 1.54) is 23.9 Å². The lowest BCUT2D eigenvalue weighted by Gasteiger charge is -2.08. The highest BCUT2D eigenvalue weighted by molar-refractivity contribution is 7.99. The summed E-state index contributed by atoms with van der Waals surface area (Å²) in [6.07, 6.45) is 0. The first kappa shape index (κ1) is 15.9. The number of hydrogen-bond donors (Lipinski definition) is 1. The van der Waals surface area contributed by atoms with Crippen LogP contribution in [0.25, 0.3) is 0 Å². The van der Waals surface area contributed by atoms with Gasteiger partial charge in [-0.05, 0) is 48.4 Å². The number of nitrogens with one attached hydrogen (secondary N) is 1.